The first kappa shape index (κ1) is 16.1. The number of nitrogens with zero attached hydrogens (tertiary/aromatic N) is 2. The summed E-state index contributed by atoms with van der Waals surface area (Å²) in [6.07, 6.45) is 5.07. The second kappa shape index (κ2) is 6.85. The summed E-state index contributed by atoms with van der Waals surface area (Å²) in [4.78, 5) is 20.7. The molecule has 2 aromatic rings. The zero-order valence-corrected chi connectivity index (χ0v) is 13.7. The minimum absolute atomic E-state index is 0.216. The molecular weight excluding hydrogens is 323 g/mol. The minimum atomic E-state index is -0.405. The van der Waals surface area contributed by atoms with Crippen LogP contribution in [0.25, 0.3) is 0 Å². The average molecular weight is 342 g/mol. The highest BCUT2D eigenvalue weighted by atomic mass is 19.1. The zero-order chi connectivity index (χ0) is 17.2. The number of rotatable bonds is 4. The summed E-state index contributed by atoms with van der Waals surface area (Å²) in [5, 5.41) is 5.82. The van der Waals surface area contributed by atoms with Gasteiger partial charge in [0.1, 0.15) is 11.5 Å². The largest absolute Gasteiger partial charge is 0.371 e. The SMILES string of the molecule is O=C(Nc1ccc([C@@H]2CNCCO2)c(F)c1)c1cnc(C2CC2)cn1. The van der Waals surface area contributed by atoms with Crippen molar-refractivity contribution in [2.75, 3.05) is 25.0 Å². The van der Waals surface area contributed by atoms with Crippen molar-refractivity contribution in [2.45, 2.75) is 24.9 Å². The molecule has 0 radical (unpaired) electrons. The summed E-state index contributed by atoms with van der Waals surface area (Å²) in [5.41, 5.74) is 2.00. The summed E-state index contributed by atoms with van der Waals surface area (Å²) in [6, 6.07) is 4.61. The fourth-order valence-corrected chi connectivity index (χ4v) is 2.87. The Kier molecular flexibility index (Phi) is 4.42. The minimum Gasteiger partial charge on any atom is -0.371 e. The Bertz CT molecular complexity index is 771. The van der Waals surface area contributed by atoms with Crippen molar-refractivity contribution in [3.05, 3.63) is 53.4 Å². The number of carbonyl (C=O) groups is 1. The lowest BCUT2D eigenvalue weighted by atomic mass is 10.1. The predicted molar refractivity (Wildman–Crippen MR) is 89.9 cm³/mol. The molecule has 2 fully saturated rings. The second-order valence-corrected chi connectivity index (χ2v) is 6.35. The van der Waals surface area contributed by atoms with Crippen molar-refractivity contribution in [3.63, 3.8) is 0 Å². The van der Waals surface area contributed by atoms with E-state index in [-0.39, 0.29) is 11.8 Å². The third kappa shape index (κ3) is 3.67. The van der Waals surface area contributed by atoms with Crippen LogP contribution >= 0.6 is 0 Å². The maximum Gasteiger partial charge on any atom is 0.275 e. The molecule has 1 saturated carbocycles. The molecule has 4 rings (SSSR count). The molecule has 1 aromatic heterocycles. The van der Waals surface area contributed by atoms with Gasteiger partial charge in [-0.15, -0.1) is 0 Å². The van der Waals surface area contributed by atoms with E-state index in [9.17, 15) is 9.18 Å². The highest BCUT2D eigenvalue weighted by Gasteiger charge is 2.25. The molecule has 25 heavy (non-hydrogen) atoms. The quantitative estimate of drug-likeness (QED) is 0.892. The van der Waals surface area contributed by atoms with Gasteiger partial charge in [0.15, 0.2) is 0 Å². The molecule has 2 aliphatic rings. The van der Waals surface area contributed by atoms with Crippen molar-refractivity contribution in [2.24, 2.45) is 0 Å². The van der Waals surface area contributed by atoms with Gasteiger partial charge in [0.05, 0.1) is 24.6 Å². The number of aromatic nitrogens is 2. The lowest BCUT2D eigenvalue weighted by Gasteiger charge is -2.24. The van der Waals surface area contributed by atoms with Crippen molar-refractivity contribution in [3.8, 4) is 0 Å². The van der Waals surface area contributed by atoms with Gasteiger partial charge >= 0.3 is 0 Å². The fraction of sp³-hybridized carbons (Fsp3) is 0.389. The van der Waals surface area contributed by atoms with Crippen molar-refractivity contribution < 1.29 is 13.9 Å². The van der Waals surface area contributed by atoms with Crippen LogP contribution in [0, 0.1) is 5.82 Å². The van der Waals surface area contributed by atoms with Crippen LogP contribution < -0.4 is 10.6 Å². The maximum atomic E-state index is 14.3. The van der Waals surface area contributed by atoms with Gasteiger partial charge in [-0.3, -0.25) is 9.78 Å². The number of nitrogens with one attached hydrogen (secondary N) is 2. The van der Waals surface area contributed by atoms with E-state index in [4.69, 9.17) is 4.74 Å². The topological polar surface area (TPSA) is 76.1 Å². The average Bonchev–Trinajstić information content (AvgIpc) is 3.48. The standard InChI is InChI=1S/C18H19FN4O2/c19-14-7-12(3-4-13(14)17-10-20-5-6-25-17)23-18(24)16-9-21-15(8-22-16)11-1-2-11/h3-4,7-9,11,17,20H,1-2,5-6,10H2,(H,23,24)/t17-/m0/s1. The second-order valence-electron chi connectivity index (χ2n) is 6.35. The van der Waals surface area contributed by atoms with Crippen LogP contribution in [-0.2, 0) is 4.74 Å². The molecule has 1 saturated heterocycles. The van der Waals surface area contributed by atoms with Gasteiger partial charge in [0, 0.05) is 36.5 Å². The number of amides is 1. The van der Waals surface area contributed by atoms with E-state index in [1.807, 2.05) is 0 Å². The van der Waals surface area contributed by atoms with Gasteiger partial charge in [-0.1, -0.05) is 6.07 Å². The van der Waals surface area contributed by atoms with E-state index in [1.54, 1.807) is 18.3 Å². The Morgan fingerprint density at radius 2 is 2.16 bits per heavy atom. The van der Waals surface area contributed by atoms with E-state index < -0.39 is 11.7 Å². The summed E-state index contributed by atoms with van der Waals surface area (Å²) < 4.78 is 19.9. The maximum absolute atomic E-state index is 14.3. The molecule has 1 aliphatic carbocycles. The molecule has 130 valence electrons. The Hall–Kier alpha value is -2.38. The molecule has 1 amide bonds. The number of anilines is 1. The molecule has 7 heteroatoms. The van der Waals surface area contributed by atoms with E-state index in [0.717, 1.165) is 25.1 Å². The number of benzene rings is 1. The molecule has 6 nitrogen and oxygen atoms in total. The van der Waals surface area contributed by atoms with Crippen LogP contribution in [0.5, 0.6) is 0 Å². The Morgan fingerprint density at radius 1 is 1.28 bits per heavy atom. The van der Waals surface area contributed by atoms with Crippen LogP contribution in [0.15, 0.2) is 30.6 Å². The van der Waals surface area contributed by atoms with Crippen LogP contribution in [0.2, 0.25) is 0 Å². The number of ether oxygens (including phenoxy) is 1. The van der Waals surface area contributed by atoms with Crippen molar-refractivity contribution >= 4 is 11.6 Å². The van der Waals surface area contributed by atoms with E-state index in [0.29, 0.717) is 30.3 Å². The summed E-state index contributed by atoms with van der Waals surface area (Å²) in [7, 11) is 0. The Labute approximate surface area is 144 Å². The van der Waals surface area contributed by atoms with Crippen LogP contribution in [0.3, 0.4) is 0 Å². The molecule has 2 N–H and O–H groups in total. The smallest absolute Gasteiger partial charge is 0.275 e. The number of morpholine rings is 1. The Balaban J connectivity index is 1.44. The number of hydrogen-bond donors (Lipinski definition) is 2. The molecular formula is C18H19FN4O2. The first-order valence-electron chi connectivity index (χ1n) is 8.46. The molecule has 0 spiro atoms. The van der Waals surface area contributed by atoms with Gasteiger partial charge in [-0.05, 0) is 25.0 Å². The molecule has 0 bridgehead atoms. The summed E-state index contributed by atoms with van der Waals surface area (Å²) >= 11 is 0. The van der Waals surface area contributed by atoms with Crippen LogP contribution in [0.1, 0.15) is 46.6 Å². The zero-order valence-electron chi connectivity index (χ0n) is 13.7. The summed E-state index contributed by atoms with van der Waals surface area (Å²) in [6.45, 7) is 1.90. The number of hydrogen-bond acceptors (Lipinski definition) is 5. The molecule has 1 aromatic carbocycles. The highest BCUT2D eigenvalue weighted by Crippen LogP contribution is 2.38. The first-order valence-corrected chi connectivity index (χ1v) is 8.46. The van der Waals surface area contributed by atoms with Gasteiger partial charge in [-0.2, -0.15) is 0 Å². The number of halogens is 1. The van der Waals surface area contributed by atoms with E-state index in [1.165, 1.54) is 12.3 Å². The van der Waals surface area contributed by atoms with Crippen LogP contribution in [0.4, 0.5) is 10.1 Å². The van der Waals surface area contributed by atoms with Crippen molar-refractivity contribution in [1.82, 2.24) is 15.3 Å². The predicted octanol–water partition coefficient (Wildman–Crippen LogP) is 2.41. The molecule has 1 aliphatic heterocycles. The molecule has 2 heterocycles. The third-order valence-corrected chi connectivity index (χ3v) is 4.43. The monoisotopic (exact) mass is 342 g/mol. The normalized spacial score (nSPS) is 20.3. The Morgan fingerprint density at radius 3 is 2.80 bits per heavy atom. The lowest BCUT2D eigenvalue weighted by molar-refractivity contribution is 0.0255. The summed E-state index contributed by atoms with van der Waals surface area (Å²) in [5.74, 6) is -0.318. The third-order valence-electron chi connectivity index (χ3n) is 4.43. The fourth-order valence-electron chi connectivity index (χ4n) is 2.87. The van der Waals surface area contributed by atoms with Gasteiger partial charge in [0.25, 0.3) is 5.91 Å². The lowest BCUT2D eigenvalue weighted by Crippen LogP contribution is -2.33. The molecule has 1 atom stereocenters. The number of carbonyl (C=O) groups excluding carboxylic acids is 1. The van der Waals surface area contributed by atoms with Crippen LogP contribution in [-0.4, -0.2) is 35.6 Å². The van der Waals surface area contributed by atoms with Gasteiger partial charge in [0.2, 0.25) is 0 Å². The van der Waals surface area contributed by atoms with Gasteiger partial charge < -0.3 is 15.4 Å². The first-order chi connectivity index (χ1) is 12.2. The highest BCUT2D eigenvalue weighted by molar-refractivity contribution is 6.02. The molecule has 0 unspecified atom stereocenters. The van der Waals surface area contributed by atoms with E-state index in [2.05, 4.69) is 20.6 Å². The van der Waals surface area contributed by atoms with Crippen molar-refractivity contribution in [1.29, 1.82) is 0 Å². The van der Waals surface area contributed by atoms with Gasteiger partial charge in [-0.25, -0.2) is 9.37 Å². The van der Waals surface area contributed by atoms with E-state index >= 15 is 0 Å².